The first-order valence-corrected chi connectivity index (χ1v) is 11.3. The molecule has 1 N–H and O–H groups in total. The van der Waals surface area contributed by atoms with Gasteiger partial charge in [-0.3, -0.25) is 9.71 Å². The number of fused-ring (bicyclic) bond motifs is 1. The summed E-state index contributed by atoms with van der Waals surface area (Å²) in [6.07, 6.45) is 1.58. The number of ether oxygens (including phenoxy) is 1. The second kappa shape index (κ2) is 7.85. The third-order valence-electron chi connectivity index (χ3n) is 5.12. The van der Waals surface area contributed by atoms with Crippen molar-refractivity contribution in [1.29, 1.82) is 0 Å². The molecule has 0 saturated heterocycles. The average Bonchev–Trinajstić information content (AvgIpc) is 3.29. The van der Waals surface area contributed by atoms with Gasteiger partial charge in [0.25, 0.3) is 10.0 Å². The standard InChI is InChI=1S/C24H19N3O3S/c28-31(29,22-14-6-10-18-11-7-15-25-23(18)22)27-20-13-5-4-12-19(20)24-26-21(16-30-24)17-8-2-1-3-9-17/h1-15,21,27H,16H2/t21-/m1/s1. The van der Waals surface area contributed by atoms with E-state index < -0.39 is 10.0 Å². The highest BCUT2D eigenvalue weighted by atomic mass is 32.2. The number of pyridine rings is 1. The second-order valence-corrected chi connectivity index (χ2v) is 8.80. The summed E-state index contributed by atoms with van der Waals surface area (Å²) in [7, 11) is -3.88. The van der Waals surface area contributed by atoms with E-state index in [2.05, 4.69) is 14.7 Å². The van der Waals surface area contributed by atoms with Gasteiger partial charge in [-0.1, -0.05) is 60.7 Å². The van der Waals surface area contributed by atoms with Crippen LogP contribution in [0.4, 0.5) is 5.69 Å². The zero-order valence-corrected chi connectivity index (χ0v) is 17.3. The number of anilines is 1. The number of para-hydroxylation sites is 2. The van der Waals surface area contributed by atoms with Crippen molar-refractivity contribution in [3.63, 3.8) is 0 Å². The highest BCUT2D eigenvalue weighted by molar-refractivity contribution is 7.93. The molecule has 1 aliphatic heterocycles. The zero-order chi connectivity index (χ0) is 21.3. The van der Waals surface area contributed by atoms with Crippen LogP contribution in [0.2, 0.25) is 0 Å². The summed E-state index contributed by atoms with van der Waals surface area (Å²) in [5, 5.41) is 0.757. The molecular weight excluding hydrogens is 410 g/mol. The van der Waals surface area contributed by atoms with E-state index in [1.807, 2.05) is 48.5 Å². The minimum Gasteiger partial charge on any atom is -0.475 e. The fraction of sp³-hybridized carbons (Fsp3) is 0.0833. The van der Waals surface area contributed by atoms with Crippen molar-refractivity contribution in [2.24, 2.45) is 4.99 Å². The Morgan fingerprint density at radius 2 is 1.65 bits per heavy atom. The van der Waals surface area contributed by atoms with Crippen molar-refractivity contribution in [2.75, 3.05) is 11.3 Å². The normalized spacial score (nSPS) is 16.0. The fourth-order valence-corrected chi connectivity index (χ4v) is 4.88. The van der Waals surface area contributed by atoms with Crippen LogP contribution < -0.4 is 4.72 Å². The van der Waals surface area contributed by atoms with Crippen molar-refractivity contribution in [1.82, 2.24) is 4.98 Å². The Bertz CT molecular complexity index is 1380. The van der Waals surface area contributed by atoms with Crippen LogP contribution in [-0.4, -0.2) is 25.9 Å². The van der Waals surface area contributed by atoms with E-state index in [1.54, 1.807) is 42.6 Å². The Kier molecular flexibility index (Phi) is 4.88. The number of aromatic nitrogens is 1. The van der Waals surface area contributed by atoms with Crippen LogP contribution in [-0.2, 0) is 14.8 Å². The Labute approximate surface area is 180 Å². The van der Waals surface area contributed by atoms with Gasteiger partial charge in [0.1, 0.15) is 17.5 Å². The van der Waals surface area contributed by atoms with Crippen LogP contribution in [0, 0.1) is 0 Å². The third kappa shape index (κ3) is 3.75. The summed E-state index contributed by atoms with van der Waals surface area (Å²) < 4.78 is 35.0. The topological polar surface area (TPSA) is 80.7 Å². The van der Waals surface area contributed by atoms with Gasteiger partial charge in [-0.25, -0.2) is 13.4 Å². The molecule has 4 aromatic rings. The highest BCUT2D eigenvalue weighted by Gasteiger charge is 2.25. The molecule has 0 saturated carbocycles. The van der Waals surface area contributed by atoms with Crippen LogP contribution in [0.1, 0.15) is 17.2 Å². The molecule has 31 heavy (non-hydrogen) atoms. The van der Waals surface area contributed by atoms with Crippen LogP contribution >= 0.6 is 0 Å². The van der Waals surface area contributed by atoms with E-state index in [1.165, 1.54) is 0 Å². The molecule has 0 unspecified atom stereocenters. The van der Waals surface area contributed by atoms with Crippen LogP contribution in [0.15, 0.2) is 101 Å². The minimum atomic E-state index is -3.88. The van der Waals surface area contributed by atoms with E-state index in [0.29, 0.717) is 29.3 Å². The summed E-state index contributed by atoms with van der Waals surface area (Å²) in [5.41, 5.74) is 2.48. The van der Waals surface area contributed by atoms with Gasteiger partial charge in [0.15, 0.2) is 0 Å². The van der Waals surface area contributed by atoms with Crippen molar-refractivity contribution >= 4 is 32.5 Å². The molecule has 1 aromatic heterocycles. The number of benzene rings is 3. The number of rotatable bonds is 5. The molecule has 0 amide bonds. The summed E-state index contributed by atoms with van der Waals surface area (Å²) >= 11 is 0. The average molecular weight is 430 g/mol. The predicted molar refractivity (Wildman–Crippen MR) is 121 cm³/mol. The Hall–Kier alpha value is -3.71. The largest absolute Gasteiger partial charge is 0.475 e. The number of sulfonamides is 1. The lowest BCUT2D eigenvalue weighted by molar-refractivity contribution is 0.320. The maximum absolute atomic E-state index is 13.2. The first-order valence-electron chi connectivity index (χ1n) is 9.83. The molecular formula is C24H19N3O3S. The second-order valence-electron chi connectivity index (χ2n) is 7.15. The van der Waals surface area contributed by atoms with Crippen molar-refractivity contribution in [3.05, 3.63) is 102 Å². The van der Waals surface area contributed by atoms with Gasteiger partial charge < -0.3 is 4.74 Å². The van der Waals surface area contributed by atoms with E-state index in [-0.39, 0.29) is 10.9 Å². The van der Waals surface area contributed by atoms with E-state index in [9.17, 15) is 8.42 Å². The number of nitrogens with one attached hydrogen (secondary N) is 1. The molecule has 0 bridgehead atoms. The molecule has 0 spiro atoms. The SMILES string of the molecule is O=S(=O)(Nc1ccccc1C1=N[C@@H](c2ccccc2)CO1)c1cccc2cccnc12. The van der Waals surface area contributed by atoms with E-state index >= 15 is 0 Å². The molecule has 3 aromatic carbocycles. The Balaban J connectivity index is 1.50. The van der Waals surface area contributed by atoms with Crippen LogP contribution in [0.3, 0.4) is 0 Å². The maximum atomic E-state index is 13.2. The fourth-order valence-electron chi connectivity index (χ4n) is 3.62. The molecule has 1 atom stereocenters. The summed E-state index contributed by atoms with van der Waals surface area (Å²) in [6.45, 7) is 0.410. The number of aliphatic imine (C=N–C) groups is 1. The van der Waals surface area contributed by atoms with Gasteiger partial charge >= 0.3 is 0 Å². The molecule has 154 valence electrons. The van der Waals surface area contributed by atoms with Gasteiger partial charge in [-0.2, -0.15) is 0 Å². The number of hydrogen-bond acceptors (Lipinski definition) is 5. The van der Waals surface area contributed by atoms with E-state index in [0.717, 1.165) is 10.9 Å². The van der Waals surface area contributed by atoms with E-state index in [4.69, 9.17) is 4.74 Å². The Morgan fingerprint density at radius 1 is 0.871 bits per heavy atom. The van der Waals surface area contributed by atoms with Crippen molar-refractivity contribution in [2.45, 2.75) is 10.9 Å². The lowest BCUT2D eigenvalue weighted by atomic mass is 10.1. The van der Waals surface area contributed by atoms with Gasteiger partial charge in [0, 0.05) is 11.6 Å². The maximum Gasteiger partial charge on any atom is 0.264 e. The quantitative estimate of drug-likeness (QED) is 0.505. The van der Waals surface area contributed by atoms with Gasteiger partial charge in [-0.15, -0.1) is 0 Å². The van der Waals surface area contributed by atoms with Crippen LogP contribution in [0.5, 0.6) is 0 Å². The first-order chi connectivity index (χ1) is 15.1. The van der Waals surface area contributed by atoms with Crippen molar-refractivity contribution < 1.29 is 13.2 Å². The predicted octanol–water partition coefficient (Wildman–Crippen LogP) is 4.55. The summed E-state index contributed by atoms with van der Waals surface area (Å²) in [5.74, 6) is 0.420. The van der Waals surface area contributed by atoms with Gasteiger partial charge in [-0.05, 0) is 29.8 Å². The van der Waals surface area contributed by atoms with Gasteiger partial charge in [0.2, 0.25) is 5.90 Å². The molecule has 5 rings (SSSR count). The molecule has 7 heteroatoms. The molecule has 0 radical (unpaired) electrons. The monoisotopic (exact) mass is 429 g/mol. The third-order valence-corrected chi connectivity index (χ3v) is 6.52. The minimum absolute atomic E-state index is 0.122. The Morgan fingerprint density at radius 3 is 2.52 bits per heavy atom. The molecule has 0 fully saturated rings. The highest BCUT2D eigenvalue weighted by Crippen LogP contribution is 2.29. The molecule has 0 aliphatic carbocycles. The molecule has 2 heterocycles. The zero-order valence-electron chi connectivity index (χ0n) is 16.5. The number of nitrogens with zero attached hydrogens (tertiary/aromatic N) is 2. The first kappa shape index (κ1) is 19.3. The lowest BCUT2D eigenvalue weighted by Gasteiger charge is -2.13. The lowest BCUT2D eigenvalue weighted by Crippen LogP contribution is -2.16. The summed E-state index contributed by atoms with van der Waals surface area (Å²) in [4.78, 5) is 9.08. The smallest absolute Gasteiger partial charge is 0.264 e. The number of hydrogen-bond donors (Lipinski definition) is 1. The molecule has 6 nitrogen and oxygen atoms in total. The molecule has 1 aliphatic rings. The van der Waals surface area contributed by atoms with Gasteiger partial charge in [0.05, 0.1) is 16.8 Å². The summed E-state index contributed by atoms with van der Waals surface area (Å²) in [6, 6.07) is 25.6. The van der Waals surface area contributed by atoms with Crippen molar-refractivity contribution in [3.8, 4) is 0 Å². The van der Waals surface area contributed by atoms with Crippen LogP contribution in [0.25, 0.3) is 10.9 Å².